The third-order valence-electron chi connectivity index (χ3n) is 4.59. The van der Waals surface area contributed by atoms with Gasteiger partial charge in [0, 0.05) is 26.4 Å². The maximum atomic E-state index is 12.3. The van der Waals surface area contributed by atoms with Crippen LogP contribution < -0.4 is 10.6 Å². The number of aliphatic hydroxyl groups excluding tert-OH is 1. The van der Waals surface area contributed by atoms with Crippen LogP contribution in [0.5, 0.6) is 0 Å². The fourth-order valence-electron chi connectivity index (χ4n) is 3.39. The van der Waals surface area contributed by atoms with Crippen LogP contribution in [-0.2, 0) is 9.59 Å². The van der Waals surface area contributed by atoms with Gasteiger partial charge in [0.25, 0.3) is 0 Å². The van der Waals surface area contributed by atoms with Gasteiger partial charge < -0.3 is 15.7 Å². The van der Waals surface area contributed by atoms with Crippen LogP contribution in [0.25, 0.3) is 10.8 Å². The zero-order chi connectivity index (χ0) is 19.8. The largest absolute Gasteiger partial charge is 0.387 e. The van der Waals surface area contributed by atoms with Gasteiger partial charge >= 0.3 is 0 Å². The quantitative estimate of drug-likeness (QED) is 0.634. The van der Waals surface area contributed by atoms with Crippen molar-refractivity contribution >= 4 is 22.6 Å². The molecule has 0 radical (unpaired) electrons. The number of rotatable bonds is 9. The molecule has 27 heavy (non-hydrogen) atoms. The Balaban J connectivity index is 1.93. The number of nitrogens with one attached hydrogen (secondary N) is 2. The Morgan fingerprint density at radius 2 is 1.70 bits per heavy atom. The number of fused-ring (bicyclic) bond motifs is 1. The highest BCUT2D eigenvalue weighted by molar-refractivity contribution is 5.86. The number of carbonyl (C=O) groups is 2. The van der Waals surface area contributed by atoms with Gasteiger partial charge in [0.1, 0.15) is 0 Å². The summed E-state index contributed by atoms with van der Waals surface area (Å²) in [6, 6.07) is 13.7. The van der Waals surface area contributed by atoms with E-state index in [9.17, 15) is 14.7 Å². The van der Waals surface area contributed by atoms with Crippen molar-refractivity contribution in [3.63, 3.8) is 0 Å². The van der Waals surface area contributed by atoms with E-state index in [0.717, 1.165) is 22.8 Å². The number of hydrogen-bond donors (Lipinski definition) is 3. The molecule has 1 unspecified atom stereocenters. The number of benzene rings is 2. The van der Waals surface area contributed by atoms with Crippen molar-refractivity contribution < 1.29 is 14.7 Å². The third-order valence-corrected chi connectivity index (χ3v) is 4.59. The lowest BCUT2D eigenvalue weighted by atomic mass is 9.93. The molecule has 2 rings (SSSR count). The van der Waals surface area contributed by atoms with Crippen LogP contribution in [0, 0.1) is 11.8 Å². The molecule has 0 aliphatic carbocycles. The normalized spacial score (nSPS) is 13.4. The molecule has 2 aromatic rings. The van der Waals surface area contributed by atoms with Crippen molar-refractivity contribution in [3.8, 4) is 0 Å². The summed E-state index contributed by atoms with van der Waals surface area (Å²) in [5, 5.41) is 18.2. The fraction of sp³-hybridized carbons (Fsp3) is 0.455. The van der Waals surface area contributed by atoms with Gasteiger partial charge in [-0.25, -0.2) is 0 Å². The molecular formula is C22H30N2O3. The van der Waals surface area contributed by atoms with E-state index in [2.05, 4.69) is 24.5 Å². The molecule has 3 N–H and O–H groups in total. The molecule has 0 fully saturated rings. The lowest BCUT2D eigenvalue weighted by molar-refractivity contribution is -0.123. The van der Waals surface area contributed by atoms with Gasteiger partial charge in [0.2, 0.25) is 11.8 Å². The van der Waals surface area contributed by atoms with Crippen LogP contribution in [0.1, 0.15) is 45.3 Å². The zero-order valence-electron chi connectivity index (χ0n) is 16.4. The summed E-state index contributed by atoms with van der Waals surface area (Å²) in [5.74, 6) is 0.335. The molecular weight excluding hydrogens is 340 g/mol. The molecule has 0 spiro atoms. The topological polar surface area (TPSA) is 78.4 Å². The Kier molecular flexibility index (Phi) is 7.80. The highest BCUT2D eigenvalue weighted by atomic mass is 16.3. The lowest BCUT2D eigenvalue weighted by Crippen LogP contribution is -2.34. The van der Waals surface area contributed by atoms with Gasteiger partial charge in [-0.2, -0.15) is 0 Å². The lowest BCUT2D eigenvalue weighted by Gasteiger charge is -2.20. The third kappa shape index (κ3) is 6.68. The van der Waals surface area contributed by atoms with Crippen LogP contribution >= 0.6 is 0 Å². The summed E-state index contributed by atoms with van der Waals surface area (Å²) in [6.07, 6.45) is 0.430. The SMILES string of the molecule is CC(=O)NC[C@H](CC(=O)NCC(O)c1cccc2ccccc12)CC(C)C. The highest BCUT2D eigenvalue weighted by Gasteiger charge is 2.18. The van der Waals surface area contributed by atoms with Crippen molar-refractivity contribution in [1.82, 2.24) is 10.6 Å². The molecule has 0 aliphatic rings. The minimum absolute atomic E-state index is 0.0867. The molecule has 0 bridgehead atoms. The Bertz CT molecular complexity index is 768. The summed E-state index contributed by atoms with van der Waals surface area (Å²) in [6.45, 7) is 6.34. The second-order valence-electron chi connectivity index (χ2n) is 7.53. The Hall–Kier alpha value is -2.40. The van der Waals surface area contributed by atoms with E-state index in [1.165, 1.54) is 6.92 Å². The molecule has 146 valence electrons. The van der Waals surface area contributed by atoms with Gasteiger partial charge in [-0.3, -0.25) is 9.59 Å². The maximum absolute atomic E-state index is 12.3. The number of amides is 2. The van der Waals surface area contributed by atoms with E-state index in [1.807, 2.05) is 42.5 Å². The average Bonchev–Trinajstić information content (AvgIpc) is 2.63. The molecule has 2 atom stereocenters. The Labute approximate surface area is 161 Å². The van der Waals surface area contributed by atoms with E-state index >= 15 is 0 Å². The second-order valence-corrected chi connectivity index (χ2v) is 7.53. The summed E-state index contributed by atoms with van der Waals surface area (Å²) in [7, 11) is 0. The fourth-order valence-corrected chi connectivity index (χ4v) is 3.39. The van der Waals surface area contributed by atoms with Crippen LogP contribution in [0.4, 0.5) is 0 Å². The van der Waals surface area contributed by atoms with Gasteiger partial charge in [0.05, 0.1) is 6.10 Å². The predicted molar refractivity (Wildman–Crippen MR) is 108 cm³/mol. The molecule has 0 heterocycles. The minimum Gasteiger partial charge on any atom is -0.387 e. The highest BCUT2D eigenvalue weighted by Crippen LogP contribution is 2.24. The molecule has 0 aromatic heterocycles. The smallest absolute Gasteiger partial charge is 0.220 e. The first-order valence-corrected chi connectivity index (χ1v) is 9.53. The number of aliphatic hydroxyl groups is 1. The van der Waals surface area contributed by atoms with E-state index in [1.54, 1.807) is 0 Å². The van der Waals surface area contributed by atoms with E-state index in [-0.39, 0.29) is 24.3 Å². The van der Waals surface area contributed by atoms with Crippen LogP contribution in [0.3, 0.4) is 0 Å². The number of hydrogen-bond acceptors (Lipinski definition) is 3. The zero-order valence-corrected chi connectivity index (χ0v) is 16.4. The standard InChI is InChI=1S/C22H30N2O3/c1-15(2)11-17(13-23-16(3)25)12-22(27)24-14-21(26)20-10-6-8-18-7-4-5-9-19(18)20/h4-10,15,17,21,26H,11-14H2,1-3H3,(H,23,25)(H,24,27)/t17-,21?/m0/s1. The van der Waals surface area contributed by atoms with Crippen molar-refractivity contribution in [3.05, 3.63) is 48.0 Å². The van der Waals surface area contributed by atoms with Crippen LogP contribution in [0.2, 0.25) is 0 Å². The van der Waals surface area contributed by atoms with Gasteiger partial charge in [0.15, 0.2) is 0 Å². The summed E-state index contributed by atoms with van der Waals surface area (Å²) < 4.78 is 0. The first-order chi connectivity index (χ1) is 12.9. The summed E-state index contributed by atoms with van der Waals surface area (Å²) in [5.41, 5.74) is 0.811. The van der Waals surface area contributed by atoms with Gasteiger partial charge in [-0.05, 0) is 34.6 Å². The summed E-state index contributed by atoms with van der Waals surface area (Å²) in [4.78, 5) is 23.5. The minimum atomic E-state index is -0.765. The van der Waals surface area contributed by atoms with E-state index in [0.29, 0.717) is 18.9 Å². The average molecular weight is 370 g/mol. The molecule has 5 heteroatoms. The number of carbonyl (C=O) groups excluding carboxylic acids is 2. The van der Waals surface area contributed by atoms with Crippen LogP contribution in [0.15, 0.2) is 42.5 Å². The molecule has 0 aliphatic heterocycles. The Morgan fingerprint density at radius 1 is 1.00 bits per heavy atom. The first kappa shape index (κ1) is 20.9. The Morgan fingerprint density at radius 3 is 2.41 bits per heavy atom. The van der Waals surface area contributed by atoms with Gasteiger partial charge in [-0.1, -0.05) is 56.3 Å². The molecule has 0 saturated heterocycles. The van der Waals surface area contributed by atoms with Crippen molar-refractivity contribution in [2.45, 2.75) is 39.7 Å². The van der Waals surface area contributed by atoms with E-state index < -0.39 is 6.10 Å². The van der Waals surface area contributed by atoms with Crippen molar-refractivity contribution in [2.75, 3.05) is 13.1 Å². The van der Waals surface area contributed by atoms with Gasteiger partial charge in [-0.15, -0.1) is 0 Å². The second kappa shape index (κ2) is 10.1. The van der Waals surface area contributed by atoms with Crippen LogP contribution in [-0.4, -0.2) is 30.0 Å². The van der Waals surface area contributed by atoms with Crippen molar-refractivity contribution in [2.24, 2.45) is 11.8 Å². The maximum Gasteiger partial charge on any atom is 0.220 e. The summed E-state index contributed by atoms with van der Waals surface area (Å²) >= 11 is 0. The molecule has 0 saturated carbocycles. The first-order valence-electron chi connectivity index (χ1n) is 9.53. The van der Waals surface area contributed by atoms with Crippen molar-refractivity contribution in [1.29, 1.82) is 0 Å². The molecule has 2 aromatic carbocycles. The predicted octanol–water partition coefficient (Wildman–Crippen LogP) is 3.18. The monoisotopic (exact) mass is 370 g/mol. The molecule has 2 amide bonds. The van der Waals surface area contributed by atoms with E-state index in [4.69, 9.17) is 0 Å². The molecule has 5 nitrogen and oxygen atoms in total.